The van der Waals surface area contributed by atoms with E-state index in [1.165, 1.54) is 0 Å². The van der Waals surface area contributed by atoms with E-state index in [0.29, 0.717) is 0 Å². The maximum absolute atomic E-state index is 13.8. The van der Waals surface area contributed by atoms with E-state index in [9.17, 15) is 27.7 Å². The van der Waals surface area contributed by atoms with Crippen LogP contribution in [0.25, 0.3) is 0 Å². The van der Waals surface area contributed by atoms with Crippen LogP contribution in [0.5, 0.6) is 0 Å². The zero-order valence-corrected chi connectivity index (χ0v) is 11.5. The number of nitrogens with zero attached hydrogens (tertiary/aromatic N) is 2. The first kappa shape index (κ1) is 15.3. The maximum Gasteiger partial charge on any atom is 0.271 e. The number of anilines is 1. The highest BCUT2D eigenvalue weighted by atomic mass is 32.2. The van der Waals surface area contributed by atoms with E-state index in [2.05, 4.69) is 0 Å². The van der Waals surface area contributed by atoms with Gasteiger partial charge in [0.1, 0.15) is 5.82 Å². The number of sulfonamides is 1. The molecule has 21 heavy (non-hydrogen) atoms. The summed E-state index contributed by atoms with van der Waals surface area (Å²) >= 11 is 0. The topological polar surface area (TPSA) is 124 Å². The van der Waals surface area contributed by atoms with Gasteiger partial charge in [-0.05, 0) is 6.07 Å². The van der Waals surface area contributed by atoms with E-state index in [-0.39, 0.29) is 24.3 Å². The number of nitro groups is 1. The van der Waals surface area contributed by atoms with Crippen LogP contribution in [0.1, 0.15) is 6.42 Å². The summed E-state index contributed by atoms with van der Waals surface area (Å²) in [5, 5.41) is 15.6. The van der Waals surface area contributed by atoms with Crippen molar-refractivity contribution in [2.24, 2.45) is 11.1 Å². The van der Waals surface area contributed by atoms with Crippen LogP contribution in [0.15, 0.2) is 18.2 Å². The van der Waals surface area contributed by atoms with Gasteiger partial charge in [0.2, 0.25) is 15.9 Å². The molecule has 10 heteroatoms. The zero-order chi connectivity index (χ0) is 15.8. The standard InChI is InChI=1S/C11H12FN3O5S/c12-9-2-1-8(15(17)18)4-10(9)14-5-7(3-11(14)16)6-21(13,19)20/h1-2,4,7H,3,5-6H2,(H2,13,19,20). The molecule has 0 radical (unpaired) electrons. The second kappa shape index (κ2) is 5.37. The minimum absolute atomic E-state index is 0.0483. The summed E-state index contributed by atoms with van der Waals surface area (Å²) < 4.78 is 35.8. The normalized spacial score (nSPS) is 19.0. The van der Waals surface area contributed by atoms with Gasteiger partial charge in [0, 0.05) is 31.0 Å². The number of hydrogen-bond donors (Lipinski definition) is 1. The average Bonchev–Trinajstić information content (AvgIpc) is 2.67. The number of halogens is 1. The Kier molecular flexibility index (Phi) is 3.92. The molecule has 114 valence electrons. The van der Waals surface area contributed by atoms with Crippen molar-refractivity contribution in [2.45, 2.75) is 6.42 Å². The Morgan fingerprint density at radius 1 is 1.48 bits per heavy atom. The van der Waals surface area contributed by atoms with Gasteiger partial charge < -0.3 is 4.90 Å². The summed E-state index contributed by atoms with van der Waals surface area (Å²) in [6.45, 7) is -0.0483. The smallest absolute Gasteiger partial charge is 0.271 e. The molecule has 0 spiro atoms. The summed E-state index contributed by atoms with van der Waals surface area (Å²) in [6, 6.07) is 2.83. The minimum atomic E-state index is -3.75. The largest absolute Gasteiger partial charge is 0.309 e. The number of carbonyl (C=O) groups excluding carboxylic acids is 1. The molecule has 0 saturated carbocycles. The molecule has 0 aliphatic carbocycles. The molecule has 0 bridgehead atoms. The average molecular weight is 317 g/mol. The number of nitro benzene ring substituents is 1. The van der Waals surface area contributed by atoms with Gasteiger partial charge in [0.05, 0.1) is 16.4 Å². The Labute approximate surface area is 119 Å². The van der Waals surface area contributed by atoms with Crippen molar-refractivity contribution < 1.29 is 22.5 Å². The predicted molar refractivity (Wildman–Crippen MR) is 71.5 cm³/mol. The quantitative estimate of drug-likeness (QED) is 0.635. The molecule has 8 nitrogen and oxygen atoms in total. The van der Waals surface area contributed by atoms with Crippen LogP contribution in [-0.2, 0) is 14.8 Å². The lowest BCUT2D eigenvalue weighted by Crippen LogP contribution is -2.28. The maximum atomic E-state index is 13.8. The lowest BCUT2D eigenvalue weighted by Gasteiger charge is -2.17. The van der Waals surface area contributed by atoms with E-state index in [0.717, 1.165) is 23.1 Å². The first-order chi connectivity index (χ1) is 9.67. The highest BCUT2D eigenvalue weighted by molar-refractivity contribution is 7.89. The van der Waals surface area contributed by atoms with Crippen molar-refractivity contribution in [3.8, 4) is 0 Å². The molecule has 1 aliphatic rings. The van der Waals surface area contributed by atoms with Gasteiger partial charge in [-0.3, -0.25) is 14.9 Å². The second-order valence-corrected chi connectivity index (χ2v) is 6.46. The Bertz CT molecular complexity index is 706. The highest BCUT2D eigenvalue weighted by Gasteiger charge is 2.34. The summed E-state index contributed by atoms with van der Waals surface area (Å²) in [5.74, 6) is -2.24. The molecular formula is C11H12FN3O5S. The third-order valence-corrected chi connectivity index (χ3v) is 4.04. The molecule has 1 amide bonds. The fourth-order valence-corrected chi connectivity index (χ4v) is 3.16. The lowest BCUT2D eigenvalue weighted by atomic mass is 10.1. The predicted octanol–water partition coefficient (Wildman–Crippen LogP) is 0.375. The lowest BCUT2D eigenvalue weighted by molar-refractivity contribution is -0.384. The molecule has 1 fully saturated rings. The van der Waals surface area contributed by atoms with Crippen LogP contribution in [0.4, 0.5) is 15.8 Å². The molecule has 2 rings (SSSR count). The molecule has 1 aromatic rings. The third-order valence-electron chi connectivity index (χ3n) is 3.10. The highest BCUT2D eigenvalue weighted by Crippen LogP contribution is 2.30. The number of nitrogens with two attached hydrogens (primary N) is 1. The van der Waals surface area contributed by atoms with Crippen molar-refractivity contribution >= 4 is 27.3 Å². The third kappa shape index (κ3) is 3.52. The molecule has 0 aromatic heterocycles. The molecule has 1 saturated heterocycles. The van der Waals surface area contributed by atoms with Crippen LogP contribution in [-0.4, -0.2) is 31.5 Å². The van der Waals surface area contributed by atoms with Crippen molar-refractivity contribution in [3.05, 3.63) is 34.1 Å². The molecule has 1 aliphatic heterocycles. The minimum Gasteiger partial charge on any atom is -0.309 e. The fraction of sp³-hybridized carbons (Fsp3) is 0.364. The fourth-order valence-electron chi connectivity index (χ4n) is 2.28. The summed E-state index contributed by atoms with van der Waals surface area (Å²) in [7, 11) is -3.75. The first-order valence-electron chi connectivity index (χ1n) is 5.92. The van der Waals surface area contributed by atoms with Crippen LogP contribution < -0.4 is 10.0 Å². The van der Waals surface area contributed by atoms with Gasteiger partial charge in [0.25, 0.3) is 5.69 Å². The van der Waals surface area contributed by atoms with E-state index in [1.54, 1.807) is 0 Å². The zero-order valence-electron chi connectivity index (χ0n) is 10.7. The van der Waals surface area contributed by atoms with E-state index in [1.807, 2.05) is 0 Å². The van der Waals surface area contributed by atoms with Gasteiger partial charge in [-0.15, -0.1) is 0 Å². The molecular weight excluding hydrogens is 305 g/mol. The summed E-state index contributed by atoms with van der Waals surface area (Å²) in [5.41, 5.74) is -0.583. The second-order valence-electron chi connectivity index (χ2n) is 4.80. The van der Waals surface area contributed by atoms with Crippen LogP contribution in [0, 0.1) is 21.8 Å². The van der Waals surface area contributed by atoms with Gasteiger partial charge in [-0.25, -0.2) is 17.9 Å². The number of benzene rings is 1. The van der Waals surface area contributed by atoms with Crippen molar-refractivity contribution in [2.75, 3.05) is 17.2 Å². The van der Waals surface area contributed by atoms with Crippen LogP contribution in [0.2, 0.25) is 0 Å². The molecule has 1 aromatic carbocycles. The van der Waals surface area contributed by atoms with Crippen molar-refractivity contribution in [1.29, 1.82) is 0 Å². The molecule has 2 N–H and O–H groups in total. The SMILES string of the molecule is NS(=O)(=O)CC1CC(=O)N(c2cc([N+](=O)[O-])ccc2F)C1. The Hall–Kier alpha value is -2.07. The van der Waals surface area contributed by atoms with E-state index in [4.69, 9.17) is 5.14 Å². The van der Waals surface area contributed by atoms with Crippen molar-refractivity contribution in [1.82, 2.24) is 0 Å². The number of primary sulfonamides is 1. The molecule has 1 unspecified atom stereocenters. The summed E-state index contributed by atoms with van der Waals surface area (Å²) in [4.78, 5) is 22.9. The van der Waals surface area contributed by atoms with Crippen LogP contribution >= 0.6 is 0 Å². The summed E-state index contributed by atoms with van der Waals surface area (Å²) in [6.07, 6.45) is -0.0986. The van der Waals surface area contributed by atoms with E-state index >= 15 is 0 Å². The number of hydrogen-bond acceptors (Lipinski definition) is 5. The number of amides is 1. The number of rotatable bonds is 4. The van der Waals surface area contributed by atoms with E-state index < -0.39 is 38.3 Å². The number of carbonyl (C=O) groups is 1. The Morgan fingerprint density at radius 3 is 2.71 bits per heavy atom. The van der Waals surface area contributed by atoms with Gasteiger partial charge >= 0.3 is 0 Å². The monoisotopic (exact) mass is 317 g/mol. The van der Waals surface area contributed by atoms with Crippen molar-refractivity contribution in [3.63, 3.8) is 0 Å². The van der Waals surface area contributed by atoms with Gasteiger partial charge in [-0.2, -0.15) is 0 Å². The van der Waals surface area contributed by atoms with Gasteiger partial charge in [0.15, 0.2) is 0 Å². The Morgan fingerprint density at radius 2 is 2.14 bits per heavy atom. The van der Waals surface area contributed by atoms with Gasteiger partial charge in [-0.1, -0.05) is 0 Å². The Balaban J connectivity index is 2.28. The number of non-ortho nitro benzene ring substituents is 1. The first-order valence-corrected chi connectivity index (χ1v) is 7.63. The molecule has 1 atom stereocenters. The van der Waals surface area contributed by atoms with Crippen LogP contribution in [0.3, 0.4) is 0 Å². The molecule has 1 heterocycles.